The summed E-state index contributed by atoms with van der Waals surface area (Å²) < 4.78 is 11.2. The van der Waals surface area contributed by atoms with Gasteiger partial charge in [-0.25, -0.2) is 4.79 Å². The molecule has 0 saturated heterocycles. The Hall–Kier alpha value is -4.22. The molecule has 0 aliphatic carbocycles. The topological polar surface area (TPSA) is 104 Å². The number of ether oxygens (including phenoxy) is 1. The van der Waals surface area contributed by atoms with Gasteiger partial charge in [-0.2, -0.15) is 5.26 Å². The number of nitriles is 1. The van der Waals surface area contributed by atoms with Gasteiger partial charge in [-0.1, -0.05) is 54.2 Å². The second kappa shape index (κ2) is 11.5. The Morgan fingerprint density at radius 1 is 1.11 bits per heavy atom. The quantitative estimate of drug-likeness (QED) is 0.400. The van der Waals surface area contributed by atoms with Crippen LogP contribution in [-0.2, 0) is 20.9 Å². The van der Waals surface area contributed by atoms with E-state index in [0.717, 1.165) is 11.1 Å². The van der Waals surface area contributed by atoms with Crippen LogP contribution in [0.3, 0.4) is 0 Å². The first-order valence-corrected chi connectivity index (χ1v) is 12.3. The second-order valence-electron chi connectivity index (χ2n) is 8.23. The van der Waals surface area contributed by atoms with Crippen LogP contribution in [0.1, 0.15) is 29.7 Å². The molecule has 1 aromatic heterocycles. The van der Waals surface area contributed by atoms with E-state index in [-0.39, 0.29) is 23.8 Å². The van der Waals surface area contributed by atoms with Gasteiger partial charge in [0.1, 0.15) is 12.4 Å². The SMILES string of the molecule is CC1=C(C(=O)OCc2ccccc2)[C@@H](c2ccco2)C(C#N)=C(SCC(=O)Nc2cccc(C)c2)N1. The number of nitrogens with one attached hydrogen (secondary N) is 2. The molecule has 3 aromatic rings. The first-order valence-electron chi connectivity index (χ1n) is 11.3. The lowest BCUT2D eigenvalue weighted by atomic mass is 9.86. The van der Waals surface area contributed by atoms with E-state index in [1.165, 1.54) is 18.0 Å². The van der Waals surface area contributed by atoms with Crippen molar-refractivity contribution < 1.29 is 18.7 Å². The Kier molecular flexibility index (Phi) is 7.93. The number of dihydropyridines is 1. The lowest BCUT2D eigenvalue weighted by Gasteiger charge is -2.28. The maximum Gasteiger partial charge on any atom is 0.337 e. The van der Waals surface area contributed by atoms with Crippen LogP contribution < -0.4 is 10.6 Å². The van der Waals surface area contributed by atoms with E-state index >= 15 is 0 Å². The van der Waals surface area contributed by atoms with Crippen LogP contribution in [0.15, 0.2) is 99.3 Å². The Morgan fingerprint density at radius 2 is 1.92 bits per heavy atom. The molecule has 0 bridgehead atoms. The Balaban J connectivity index is 1.54. The maximum absolute atomic E-state index is 13.2. The van der Waals surface area contributed by atoms with Crippen LogP contribution >= 0.6 is 11.8 Å². The third kappa shape index (κ3) is 5.88. The molecular weight excluding hydrogens is 474 g/mol. The van der Waals surface area contributed by atoms with E-state index in [1.807, 2.05) is 61.5 Å². The van der Waals surface area contributed by atoms with Gasteiger partial charge in [0.2, 0.25) is 5.91 Å². The number of amides is 1. The van der Waals surface area contributed by atoms with E-state index in [0.29, 0.717) is 27.7 Å². The molecule has 2 aromatic carbocycles. The highest BCUT2D eigenvalue weighted by Crippen LogP contribution is 2.41. The number of nitrogens with zero attached hydrogens (tertiary/aromatic N) is 1. The van der Waals surface area contributed by atoms with Crippen LogP contribution in [-0.4, -0.2) is 17.6 Å². The molecule has 2 N–H and O–H groups in total. The third-order valence-corrected chi connectivity index (χ3v) is 6.57. The second-order valence-corrected chi connectivity index (χ2v) is 9.22. The van der Waals surface area contributed by atoms with Gasteiger partial charge in [-0.05, 0) is 49.2 Å². The van der Waals surface area contributed by atoms with Crippen LogP contribution in [0, 0.1) is 18.3 Å². The number of furan rings is 1. The predicted molar refractivity (Wildman–Crippen MR) is 138 cm³/mol. The number of benzene rings is 2. The zero-order valence-corrected chi connectivity index (χ0v) is 20.7. The summed E-state index contributed by atoms with van der Waals surface area (Å²) in [4.78, 5) is 25.8. The van der Waals surface area contributed by atoms with Gasteiger partial charge in [-0.15, -0.1) is 0 Å². The summed E-state index contributed by atoms with van der Waals surface area (Å²) in [6.45, 7) is 3.80. The number of carbonyl (C=O) groups is 2. The summed E-state index contributed by atoms with van der Waals surface area (Å²) in [7, 11) is 0. The van der Waals surface area contributed by atoms with E-state index in [1.54, 1.807) is 19.1 Å². The van der Waals surface area contributed by atoms with E-state index in [2.05, 4.69) is 16.7 Å². The first kappa shape index (κ1) is 24.9. The predicted octanol–water partition coefficient (Wildman–Crippen LogP) is 5.40. The molecule has 182 valence electrons. The van der Waals surface area contributed by atoms with Gasteiger partial charge >= 0.3 is 5.97 Å². The Labute approximate surface area is 213 Å². The fourth-order valence-electron chi connectivity index (χ4n) is 3.90. The van der Waals surface area contributed by atoms with Crippen molar-refractivity contribution in [3.05, 3.63) is 112 Å². The number of allylic oxidation sites excluding steroid dienone is 2. The fraction of sp³-hybridized carbons (Fsp3) is 0.179. The highest BCUT2D eigenvalue weighted by Gasteiger charge is 2.37. The lowest BCUT2D eigenvalue weighted by molar-refractivity contribution is -0.140. The van der Waals surface area contributed by atoms with Crippen molar-refractivity contribution >= 4 is 29.3 Å². The molecule has 1 amide bonds. The number of hydrogen-bond donors (Lipinski definition) is 2. The highest BCUT2D eigenvalue weighted by molar-refractivity contribution is 8.03. The molecule has 4 rings (SSSR count). The van der Waals surface area contributed by atoms with Gasteiger partial charge in [0.15, 0.2) is 0 Å². The minimum absolute atomic E-state index is 0.0768. The van der Waals surface area contributed by atoms with Crippen molar-refractivity contribution in [2.75, 3.05) is 11.1 Å². The average Bonchev–Trinajstić information content (AvgIpc) is 3.41. The molecule has 36 heavy (non-hydrogen) atoms. The smallest absolute Gasteiger partial charge is 0.337 e. The largest absolute Gasteiger partial charge is 0.468 e. The standard InChI is InChI=1S/C28H25N3O4S/c1-18-8-6-11-21(14-18)31-24(32)17-36-27-22(15-29)26(23-12-7-13-34-23)25(19(2)30-27)28(33)35-16-20-9-4-3-5-10-20/h3-14,26,30H,16-17H2,1-2H3,(H,31,32)/t26-/m1/s1. The first-order chi connectivity index (χ1) is 17.5. The number of hydrogen-bond acceptors (Lipinski definition) is 7. The van der Waals surface area contributed by atoms with E-state index < -0.39 is 11.9 Å². The number of thioether (sulfide) groups is 1. The molecule has 7 nitrogen and oxygen atoms in total. The van der Waals surface area contributed by atoms with Crippen molar-refractivity contribution in [2.45, 2.75) is 26.4 Å². The van der Waals surface area contributed by atoms with Crippen LogP contribution in [0.5, 0.6) is 0 Å². The zero-order chi connectivity index (χ0) is 25.5. The summed E-state index contributed by atoms with van der Waals surface area (Å²) in [5, 5.41) is 16.6. The molecule has 1 atom stereocenters. The van der Waals surface area contributed by atoms with Crippen LogP contribution in [0.2, 0.25) is 0 Å². The van der Waals surface area contributed by atoms with Crippen molar-refractivity contribution in [3.63, 3.8) is 0 Å². The molecular formula is C28H25N3O4S. The van der Waals surface area contributed by atoms with Crippen molar-refractivity contribution in [1.82, 2.24) is 5.32 Å². The number of rotatable bonds is 8. The van der Waals surface area contributed by atoms with Crippen LogP contribution in [0.25, 0.3) is 0 Å². The van der Waals surface area contributed by atoms with E-state index in [4.69, 9.17) is 9.15 Å². The summed E-state index contributed by atoms with van der Waals surface area (Å²) in [5.74, 6) is -0.980. The summed E-state index contributed by atoms with van der Waals surface area (Å²) in [6.07, 6.45) is 1.50. The number of carbonyl (C=O) groups excluding carboxylic acids is 2. The minimum atomic E-state index is -0.753. The van der Waals surface area contributed by atoms with Gasteiger partial charge in [0.05, 0.1) is 40.2 Å². The van der Waals surface area contributed by atoms with Crippen molar-refractivity contribution in [3.8, 4) is 6.07 Å². The van der Waals surface area contributed by atoms with E-state index in [9.17, 15) is 14.9 Å². The molecule has 1 aliphatic rings. The molecule has 0 unspecified atom stereocenters. The molecule has 1 aliphatic heterocycles. The van der Waals surface area contributed by atoms with Crippen LogP contribution in [0.4, 0.5) is 5.69 Å². The molecule has 0 fully saturated rings. The lowest BCUT2D eigenvalue weighted by Crippen LogP contribution is -2.29. The normalized spacial score (nSPS) is 15.2. The summed E-state index contributed by atoms with van der Waals surface area (Å²) >= 11 is 1.20. The Morgan fingerprint density at radius 3 is 2.61 bits per heavy atom. The third-order valence-electron chi connectivity index (χ3n) is 5.56. The molecule has 0 saturated carbocycles. The highest BCUT2D eigenvalue weighted by atomic mass is 32.2. The summed E-state index contributed by atoms with van der Waals surface area (Å²) in [5.41, 5.74) is 3.73. The van der Waals surface area contributed by atoms with Gasteiger partial charge in [0.25, 0.3) is 0 Å². The number of anilines is 1. The van der Waals surface area contributed by atoms with Gasteiger partial charge in [-0.3, -0.25) is 4.79 Å². The van der Waals surface area contributed by atoms with Crippen molar-refractivity contribution in [2.24, 2.45) is 0 Å². The maximum atomic E-state index is 13.2. The fourth-order valence-corrected chi connectivity index (χ4v) is 4.79. The van der Waals surface area contributed by atoms with Crippen molar-refractivity contribution in [1.29, 1.82) is 5.26 Å². The molecule has 0 radical (unpaired) electrons. The number of esters is 1. The van der Waals surface area contributed by atoms with Gasteiger partial charge in [0, 0.05) is 11.4 Å². The van der Waals surface area contributed by atoms with Gasteiger partial charge < -0.3 is 19.8 Å². The zero-order valence-electron chi connectivity index (χ0n) is 19.9. The number of aryl methyl sites for hydroxylation is 1. The molecule has 2 heterocycles. The minimum Gasteiger partial charge on any atom is -0.468 e. The average molecular weight is 500 g/mol. The monoisotopic (exact) mass is 499 g/mol. The Bertz CT molecular complexity index is 1350. The summed E-state index contributed by atoms with van der Waals surface area (Å²) in [6, 6.07) is 22.5. The molecule has 8 heteroatoms. The molecule has 0 spiro atoms.